The number of hydrogen-bond acceptors (Lipinski definition) is 5. The minimum absolute atomic E-state index is 0.264. The summed E-state index contributed by atoms with van der Waals surface area (Å²) in [6.45, 7) is 6.50. The molecule has 1 aromatic heterocycles. The van der Waals surface area contributed by atoms with Crippen LogP contribution in [0.4, 0.5) is 5.82 Å². The van der Waals surface area contributed by atoms with Gasteiger partial charge in [-0.3, -0.25) is 4.90 Å². The summed E-state index contributed by atoms with van der Waals surface area (Å²) < 4.78 is 5.57. The number of morpholine rings is 1. The van der Waals surface area contributed by atoms with Crippen molar-refractivity contribution in [2.24, 2.45) is 0 Å². The second-order valence-corrected chi connectivity index (χ2v) is 7.49. The second kappa shape index (κ2) is 8.86. The van der Waals surface area contributed by atoms with Crippen LogP contribution in [0.25, 0.3) is 10.9 Å². The Morgan fingerprint density at radius 3 is 2.54 bits per heavy atom. The molecule has 1 aliphatic heterocycles. The largest absolute Gasteiger partial charge is 0.379 e. The number of para-hydroxylation sites is 1. The van der Waals surface area contributed by atoms with Crippen LogP contribution in [-0.2, 0) is 4.74 Å². The van der Waals surface area contributed by atoms with E-state index >= 15 is 0 Å². The van der Waals surface area contributed by atoms with Gasteiger partial charge in [-0.05, 0) is 35.2 Å². The zero-order valence-electron chi connectivity index (χ0n) is 16.0. The van der Waals surface area contributed by atoms with Crippen LogP contribution in [0, 0.1) is 0 Å². The van der Waals surface area contributed by atoms with E-state index < -0.39 is 0 Å². The first-order chi connectivity index (χ1) is 13.7. The van der Waals surface area contributed by atoms with E-state index in [0.29, 0.717) is 12.0 Å². The van der Waals surface area contributed by atoms with Crippen LogP contribution in [0.15, 0.2) is 54.6 Å². The van der Waals surface area contributed by atoms with Gasteiger partial charge in [-0.25, -0.2) is 9.97 Å². The molecule has 1 N–H and O–H groups in total. The van der Waals surface area contributed by atoms with Crippen LogP contribution < -0.4 is 5.32 Å². The highest BCUT2D eigenvalue weighted by Crippen LogP contribution is 2.26. The summed E-state index contributed by atoms with van der Waals surface area (Å²) in [5.74, 6) is 1.16. The van der Waals surface area contributed by atoms with E-state index in [9.17, 15) is 0 Å². The molecule has 146 valence electrons. The highest BCUT2D eigenvalue weighted by molar-refractivity contribution is 6.28. The SMILES string of the molecule is CC(c1ccccc1)C(CNc1nc(Cl)nc2ccccc12)N1CCOCC1. The highest BCUT2D eigenvalue weighted by atomic mass is 35.5. The van der Waals surface area contributed by atoms with Crippen LogP contribution in [0.5, 0.6) is 0 Å². The fraction of sp³-hybridized carbons (Fsp3) is 0.364. The molecule has 1 aliphatic rings. The van der Waals surface area contributed by atoms with E-state index in [1.807, 2.05) is 24.3 Å². The van der Waals surface area contributed by atoms with Crippen molar-refractivity contribution in [3.05, 3.63) is 65.4 Å². The number of aromatic nitrogens is 2. The number of nitrogens with one attached hydrogen (secondary N) is 1. The topological polar surface area (TPSA) is 50.3 Å². The normalized spacial score (nSPS) is 17.4. The number of benzene rings is 2. The molecule has 0 bridgehead atoms. The molecular weight excluding hydrogens is 372 g/mol. The Balaban J connectivity index is 1.59. The van der Waals surface area contributed by atoms with Crippen molar-refractivity contribution in [1.82, 2.24) is 14.9 Å². The third kappa shape index (κ3) is 4.27. The van der Waals surface area contributed by atoms with Gasteiger partial charge in [-0.2, -0.15) is 0 Å². The van der Waals surface area contributed by atoms with Gasteiger partial charge in [0.15, 0.2) is 0 Å². The molecule has 2 aromatic carbocycles. The van der Waals surface area contributed by atoms with Crippen molar-refractivity contribution in [2.45, 2.75) is 18.9 Å². The van der Waals surface area contributed by atoms with Gasteiger partial charge in [0.2, 0.25) is 5.28 Å². The first kappa shape index (κ1) is 19.1. The van der Waals surface area contributed by atoms with Gasteiger partial charge in [0.25, 0.3) is 0 Å². The first-order valence-electron chi connectivity index (χ1n) is 9.75. The zero-order valence-corrected chi connectivity index (χ0v) is 16.8. The van der Waals surface area contributed by atoms with E-state index in [-0.39, 0.29) is 5.28 Å². The van der Waals surface area contributed by atoms with E-state index in [4.69, 9.17) is 16.3 Å². The molecule has 1 fully saturated rings. The minimum atomic E-state index is 0.264. The Hall–Kier alpha value is -2.21. The molecular formula is C22H25ClN4O. The molecule has 3 aromatic rings. The summed E-state index contributed by atoms with van der Waals surface area (Å²) in [5, 5.41) is 4.81. The van der Waals surface area contributed by atoms with Crippen LogP contribution in [0.2, 0.25) is 5.28 Å². The molecule has 4 rings (SSSR count). The fourth-order valence-electron chi connectivity index (χ4n) is 3.89. The zero-order chi connectivity index (χ0) is 19.3. The lowest BCUT2D eigenvalue weighted by atomic mass is 9.91. The van der Waals surface area contributed by atoms with Gasteiger partial charge in [-0.15, -0.1) is 0 Å². The molecule has 0 aliphatic carbocycles. The van der Waals surface area contributed by atoms with Crippen LogP contribution in [0.1, 0.15) is 18.4 Å². The Morgan fingerprint density at radius 2 is 1.75 bits per heavy atom. The van der Waals surface area contributed by atoms with E-state index in [0.717, 1.165) is 49.6 Å². The molecule has 0 amide bonds. The van der Waals surface area contributed by atoms with Crippen molar-refractivity contribution in [3.63, 3.8) is 0 Å². The third-order valence-corrected chi connectivity index (χ3v) is 5.64. The summed E-state index contributed by atoms with van der Waals surface area (Å²) in [7, 11) is 0. The molecule has 0 spiro atoms. The van der Waals surface area contributed by atoms with Crippen molar-refractivity contribution in [1.29, 1.82) is 0 Å². The standard InChI is InChI=1S/C22H25ClN4O/c1-16(17-7-3-2-4-8-17)20(27-11-13-28-14-12-27)15-24-21-18-9-5-6-10-19(18)25-22(23)26-21/h2-10,16,20H,11-15H2,1H3,(H,24,25,26). The quantitative estimate of drug-likeness (QED) is 0.633. The fourth-order valence-corrected chi connectivity index (χ4v) is 4.07. The molecule has 2 heterocycles. The van der Waals surface area contributed by atoms with E-state index in [1.54, 1.807) is 0 Å². The van der Waals surface area contributed by atoms with E-state index in [2.05, 4.69) is 57.4 Å². The number of anilines is 1. The molecule has 0 saturated carbocycles. The van der Waals surface area contributed by atoms with Gasteiger partial charge in [0.05, 0.1) is 18.7 Å². The van der Waals surface area contributed by atoms with Crippen molar-refractivity contribution >= 4 is 28.3 Å². The van der Waals surface area contributed by atoms with Crippen LogP contribution >= 0.6 is 11.6 Å². The first-order valence-corrected chi connectivity index (χ1v) is 10.1. The number of fused-ring (bicyclic) bond motifs is 1. The van der Waals surface area contributed by atoms with Gasteiger partial charge < -0.3 is 10.1 Å². The lowest BCUT2D eigenvalue weighted by Crippen LogP contribution is -2.49. The summed E-state index contributed by atoms with van der Waals surface area (Å²) >= 11 is 6.16. The Morgan fingerprint density at radius 1 is 1.04 bits per heavy atom. The van der Waals surface area contributed by atoms with Gasteiger partial charge in [-0.1, -0.05) is 49.4 Å². The number of halogens is 1. The number of rotatable bonds is 6. The highest BCUT2D eigenvalue weighted by Gasteiger charge is 2.27. The van der Waals surface area contributed by atoms with Crippen LogP contribution in [-0.4, -0.2) is 53.8 Å². The monoisotopic (exact) mass is 396 g/mol. The third-order valence-electron chi connectivity index (χ3n) is 5.47. The van der Waals surface area contributed by atoms with E-state index in [1.165, 1.54) is 5.56 Å². The Kier molecular flexibility index (Phi) is 6.05. The minimum Gasteiger partial charge on any atom is -0.379 e. The maximum atomic E-state index is 6.16. The summed E-state index contributed by atoms with van der Waals surface area (Å²) in [6.07, 6.45) is 0. The second-order valence-electron chi connectivity index (χ2n) is 7.15. The Labute approximate surface area is 170 Å². The average Bonchev–Trinajstić information content (AvgIpc) is 2.75. The molecule has 0 radical (unpaired) electrons. The average molecular weight is 397 g/mol. The van der Waals surface area contributed by atoms with Gasteiger partial charge >= 0.3 is 0 Å². The number of hydrogen-bond donors (Lipinski definition) is 1. The molecule has 2 unspecified atom stereocenters. The Bertz CT molecular complexity index is 915. The predicted octanol–water partition coefficient (Wildman–Crippen LogP) is 4.20. The maximum Gasteiger partial charge on any atom is 0.224 e. The summed E-state index contributed by atoms with van der Waals surface area (Å²) in [5.41, 5.74) is 2.19. The van der Waals surface area contributed by atoms with Gasteiger partial charge in [0, 0.05) is 31.1 Å². The van der Waals surface area contributed by atoms with Gasteiger partial charge in [0.1, 0.15) is 5.82 Å². The summed E-state index contributed by atoms with van der Waals surface area (Å²) in [6, 6.07) is 18.9. The molecule has 5 nitrogen and oxygen atoms in total. The molecule has 2 atom stereocenters. The lowest BCUT2D eigenvalue weighted by molar-refractivity contribution is 0.0145. The predicted molar refractivity (Wildman–Crippen MR) is 114 cm³/mol. The van der Waals surface area contributed by atoms with Crippen molar-refractivity contribution in [3.8, 4) is 0 Å². The summed E-state index contributed by atoms with van der Waals surface area (Å²) in [4.78, 5) is 11.3. The van der Waals surface area contributed by atoms with Crippen molar-refractivity contribution < 1.29 is 4.74 Å². The maximum absolute atomic E-state index is 6.16. The molecule has 6 heteroatoms. The lowest BCUT2D eigenvalue weighted by Gasteiger charge is -2.38. The van der Waals surface area contributed by atoms with Crippen LogP contribution in [0.3, 0.4) is 0 Å². The smallest absolute Gasteiger partial charge is 0.224 e. The molecule has 28 heavy (non-hydrogen) atoms. The van der Waals surface area contributed by atoms with Crippen molar-refractivity contribution in [2.75, 3.05) is 38.2 Å². The number of nitrogens with zero attached hydrogens (tertiary/aromatic N) is 3. The number of ether oxygens (including phenoxy) is 1. The molecule has 1 saturated heterocycles.